The van der Waals surface area contributed by atoms with Gasteiger partial charge in [0.15, 0.2) is 0 Å². The van der Waals surface area contributed by atoms with Crippen LogP contribution in [0.2, 0.25) is 0 Å². The molecule has 5 nitrogen and oxygen atoms in total. The van der Waals surface area contributed by atoms with Crippen molar-refractivity contribution in [3.63, 3.8) is 0 Å². The van der Waals surface area contributed by atoms with Crippen LogP contribution in [0.4, 0.5) is 4.39 Å². The molecule has 0 saturated carbocycles. The third kappa shape index (κ3) is 3.29. The van der Waals surface area contributed by atoms with Gasteiger partial charge < -0.3 is 14.5 Å². The van der Waals surface area contributed by atoms with E-state index in [0.29, 0.717) is 31.8 Å². The standard InChI is InChI=1S/C18H23FN2O3/c1-13(2)21-11-18(12-24-9-16(21)22)6-7-20(10-18)17(23)14-4-3-5-15(19)8-14/h3-5,8,13H,6-7,9-12H2,1-2H3. The summed E-state index contributed by atoms with van der Waals surface area (Å²) in [6.07, 6.45) is 0.782. The maximum atomic E-state index is 13.4. The summed E-state index contributed by atoms with van der Waals surface area (Å²) in [7, 11) is 0. The van der Waals surface area contributed by atoms with Gasteiger partial charge in [0.2, 0.25) is 5.91 Å². The van der Waals surface area contributed by atoms with E-state index in [0.717, 1.165) is 6.42 Å². The van der Waals surface area contributed by atoms with E-state index in [9.17, 15) is 14.0 Å². The first-order chi connectivity index (χ1) is 11.4. The molecule has 130 valence electrons. The third-order valence-electron chi connectivity index (χ3n) is 4.88. The minimum Gasteiger partial charge on any atom is -0.371 e. The van der Waals surface area contributed by atoms with Gasteiger partial charge in [0.05, 0.1) is 6.61 Å². The highest BCUT2D eigenvalue weighted by atomic mass is 19.1. The summed E-state index contributed by atoms with van der Waals surface area (Å²) in [5.74, 6) is -0.584. The second kappa shape index (κ2) is 6.51. The van der Waals surface area contributed by atoms with Crippen LogP contribution < -0.4 is 0 Å². The molecule has 3 rings (SSSR count). The Balaban J connectivity index is 1.76. The number of likely N-dealkylation sites (tertiary alicyclic amines) is 1. The fraction of sp³-hybridized carbons (Fsp3) is 0.556. The Labute approximate surface area is 141 Å². The lowest BCUT2D eigenvalue weighted by Crippen LogP contribution is -2.46. The number of nitrogens with zero attached hydrogens (tertiary/aromatic N) is 2. The highest BCUT2D eigenvalue weighted by molar-refractivity contribution is 5.94. The van der Waals surface area contributed by atoms with Crippen LogP contribution in [0, 0.1) is 11.2 Å². The predicted molar refractivity (Wildman–Crippen MR) is 87.0 cm³/mol. The number of hydrogen-bond donors (Lipinski definition) is 0. The van der Waals surface area contributed by atoms with E-state index in [2.05, 4.69) is 0 Å². The van der Waals surface area contributed by atoms with Gasteiger partial charge in [-0.05, 0) is 38.5 Å². The van der Waals surface area contributed by atoms with Gasteiger partial charge in [0.1, 0.15) is 12.4 Å². The number of rotatable bonds is 2. The van der Waals surface area contributed by atoms with Gasteiger partial charge in [0, 0.05) is 36.7 Å². The molecule has 0 aromatic heterocycles. The van der Waals surface area contributed by atoms with Gasteiger partial charge in [-0.3, -0.25) is 9.59 Å². The van der Waals surface area contributed by atoms with E-state index in [4.69, 9.17) is 4.74 Å². The normalized spacial score (nSPS) is 24.8. The van der Waals surface area contributed by atoms with Crippen molar-refractivity contribution in [3.8, 4) is 0 Å². The maximum absolute atomic E-state index is 13.4. The van der Waals surface area contributed by atoms with Crippen molar-refractivity contribution in [3.05, 3.63) is 35.6 Å². The van der Waals surface area contributed by atoms with Crippen LogP contribution >= 0.6 is 0 Å². The minimum absolute atomic E-state index is 0.00298. The second-order valence-corrected chi connectivity index (χ2v) is 7.10. The number of carbonyl (C=O) groups is 2. The Bertz CT molecular complexity index is 649. The molecule has 1 aromatic carbocycles. The van der Waals surface area contributed by atoms with Crippen LogP contribution in [0.25, 0.3) is 0 Å². The molecule has 1 unspecified atom stereocenters. The fourth-order valence-corrected chi connectivity index (χ4v) is 3.56. The summed E-state index contributed by atoms with van der Waals surface area (Å²) in [6.45, 7) is 6.25. The lowest BCUT2D eigenvalue weighted by atomic mass is 9.87. The zero-order valence-electron chi connectivity index (χ0n) is 14.1. The van der Waals surface area contributed by atoms with Crippen molar-refractivity contribution in [1.82, 2.24) is 9.80 Å². The Morgan fingerprint density at radius 2 is 2.12 bits per heavy atom. The molecule has 6 heteroatoms. The van der Waals surface area contributed by atoms with E-state index in [1.54, 1.807) is 17.0 Å². The molecule has 2 aliphatic rings. The number of benzene rings is 1. The highest BCUT2D eigenvalue weighted by Gasteiger charge is 2.44. The monoisotopic (exact) mass is 334 g/mol. The van der Waals surface area contributed by atoms with Crippen LogP contribution in [0.15, 0.2) is 24.3 Å². The smallest absolute Gasteiger partial charge is 0.253 e. The molecule has 2 amide bonds. The SMILES string of the molecule is CC(C)N1CC2(CCN(C(=O)c3cccc(F)c3)C2)COCC1=O. The summed E-state index contributed by atoms with van der Waals surface area (Å²) >= 11 is 0. The molecule has 2 aliphatic heterocycles. The largest absolute Gasteiger partial charge is 0.371 e. The van der Waals surface area contributed by atoms with Crippen molar-refractivity contribution in [2.24, 2.45) is 5.41 Å². The summed E-state index contributed by atoms with van der Waals surface area (Å²) in [6, 6.07) is 5.87. The molecule has 2 saturated heterocycles. The zero-order valence-corrected chi connectivity index (χ0v) is 14.1. The molecule has 1 atom stereocenters. The first kappa shape index (κ1) is 16.9. The van der Waals surface area contributed by atoms with Gasteiger partial charge in [0.25, 0.3) is 5.91 Å². The van der Waals surface area contributed by atoms with Gasteiger partial charge >= 0.3 is 0 Å². The Hall–Kier alpha value is -1.95. The molecule has 24 heavy (non-hydrogen) atoms. The lowest BCUT2D eigenvalue weighted by Gasteiger charge is -2.34. The van der Waals surface area contributed by atoms with Crippen molar-refractivity contribution < 1.29 is 18.7 Å². The number of hydrogen-bond acceptors (Lipinski definition) is 3. The first-order valence-corrected chi connectivity index (χ1v) is 8.32. The summed E-state index contributed by atoms with van der Waals surface area (Å²) in [5.41, 5.74) is 0.123. The molecular weight excluding hydrogens is 311 g/mol. The van der Waals surface area contributed by atoms with Crippen LogP contribution in [0.5, 0.6) is 0 Å². The first-order valence-electron chi connectivity index (χ1n) is 8.32. The van der Waals surface area contributed by atoms with E-state index in [-0.39, 0.29) is 29.9 Å². The van der Waals surface area contributed by atoms with Gasteiger partial charge in [-0.1, -0.05) is 6.07 Å². The van der Waals surface area contributed by atoms with E-state index in [1.807, 2.05) is 18.7 Å². The second-order valence-electron chi connectivity index (χ2n) is 7.10. The molecule has 0 bridgehead atoms. The van der Waals surface area contributed by atoms with Crippen LogP contribution in [0.3, 0.4) is 0 Å². The lowest BCUT2D eigenvalue weighted by molar-refractivity contribution is -0.135. The quantitative estimate of drug-likeness (QED) is 0.830. The van der Waals surface area contributed by atoms with Crippen molar-refractivity contribution in [2.45, 2.75) is 26.3 Å². The van der Waals surface area contributed by atoms with Gasteiger partial charge in [-0.2, -0.15) is 0 Å². The Morgan fingerprint density at radius 1 is 1.33 bits per heavy atom. The topological polar surface area (TPSA) is 49.9 Å². The highest BCUT2D eigenvalue weighted by Crippen LogP contribution is 2.35. The van der Waals surface area contributed by atoms with E-state index >= 15 is 0 Å². The van der Waals surface area contributed by atoms with Crippen LogP contribution in [-0.2, 0) is 9.53 Å². The molecule has 2 heterocycles. The number of halogens is 1. The van der Waals surface area contributed by atoms with E-state index < -0.39 is 5.82 Å². The van der Waals surface area contributed by atoms with Crippen molar-refractivity contribution >= 4 is 11.8 Å². The average molecular weight is 334 g/mol. The molecule has 0 N–H and O–H groups in total. The molecular formula is C18H23FN2O3. The Morgan fingerprint density at radius 3 is 2.83 bits per heavy atom. The summed E-state index contributed by atoms with van der Waals surface area (Å²) in [4.78, 5) is 28.4. The van der Waals surface area contributed by atoms with Crippen molar-refractivity contribution in [1.29, 1.82) is 0 Å². The molecule has 1 aromatic rings. The maximum Gasteiger partial charge on any atom is 0.253 e. The number of ether oxygens (including phenoxy) is 1. The van der Waals surface area contributed by atoms with E-state index in [1.165, 1.54) is 12.1 Å². The Kier molecular flexibility index (Phi) is 4.58. The number of carbonyl (C=O) groups excluding carboxylic acids is 2. The van der Waals surface area contributed by atoms with Gasteiger partial charge in [-0.15, -0.1) is 0 Å². The average Bonchev–Trinajstić information content (AvgIpc) is 2.88. The zero-order chi connectivity index (χ0) is 17.3. The third-order valence-corrected chi connectivity index (χ3v) is 4.88. The summed E-state index contributed by atoms with van der Waals surface area (Å²) < 4.78 is 19.0. The molecule has 0 aliphatic carbocycles. The van der Waals surface area contributed by atoms with Crippen molar-refractivity contribution in [2.75, 3.05) is 32.8 Å². The van der Waals surface area contributed by atoms with Crippen LogP contribution in [-0.4, -0.2) is 60.5 Å². The summed E-state index contributed by atoms with van der Waals surface area (Å²) in [5, 5.41) is 0. The predicted octanol–water partition coefficient (Wildman–Crippen LogP) is 1.93. The number of amides is 2. The molecule has 2 fully saturated rings. The van der Waals surface area contributed by atoms with Gasteiger partial charge in [-0.25, -0.2) is 4.39 Å². The molecule has 1 spiro atoms. The fourth-order valence-electron chi connectivity index (χ4n) is 3.56. The molecule has 0 radical (unpaired) electrons. The van der Waals surface area contributed by atoms with Crippen LogP contribution in [0.1, 0.15) is 30.6 Å². The minimum atomic E-state index is -0.413.